The van der Waals surface area contributed by atoms with Crippen LogP contribution in [0.1, 0.15) is 69.7 Å². The first kappa shape index (κ1) is 23.7. The van der Waals surface area contributed by atoms with E-state index >= 15 is 0 Å². The number of carbonyl (C=O) groups excluding carboxylic acids is 3. The lowest BCUT2D eigenvalue weighted by atomic mass is 9.96. The Bertz CT molecular complexity index is 703. The van der Waals surface area contributed by atoms with Crippen molar-refractivity contribution in [3.05, 3.63) is 29.8 Å². The fraction of sp³-hybridized carbons (Fsp3) is 0.609. The van der Waals surface area contributed by atoms with Crippen LogP contribution in [0.25, 0.3) is 0 Å². The number of rotatable bonds is 9. The Morgan fingerprint density at radius 1 is 1.10 bits per heavy atom. The van der Waals surface area contributed by atoms with E-state index in [-0.39, 0.29) is 29.8 Å². The maximum absolute atomic E-state index is 12.9. The topological polar surface area (TPSA) is 90.5 Å². The van der Waals surface area contributed by atoms with E-state index in [1.165, 1.54) is 12.8 Å². The molecule has 3 N–H and O–H groups in total. The zero-order chi connectivity index (χ0) is 21.9. The Labute approximate surface area is 180 Å². The lowest BCUT2D eigenvalue weighted by molar-refractivity contribution is -0.126. The maximum atomic E-state index is 12.9. The van der Waals surface area contributed by atoms with Crippen molar-refractivity contribution in [2.45, 2.75) is 65.3 Å². The molecule has 1 aliphatic rings. The summed E-state index contributed by atoms with van der Waals surface area (Å²) in [6.45, 7) is 7.77. The summed E-state index contributed by atoms with van der Waals surface area (Å²) in [6, 6.07) is 6.64. The number of nitrogens with zero attached hydrogens (tertiary/aromatic N) is 1. The maximum Gasteiger partial charge on any atom is 0.319 e. The highest BCUT2D eigenvalue weighted by atomic mass is 16.2. The number of piperidine rings is 1. The number of anilines is 1. The first-order chi connectivity index (χ1) is 14.4. The van der Waals surface area contributed by atoms with E-state index in [4.69, 9.17) is 0 Å². The van der Waals surface area contributed by atoms with Crippen LogP contribution >= 0.6 is 0 Å². The average molecular weight is 417 g/mol. The minimum absolute atomic E-state index is 0.0476. The van der Waals surface area contributed by atoms with Gasteiger partial charge in [-0.25, -0.2) is 4.79 Å². The SMILES string of the molecule is CCCCCCNC(=O)C1CCCN(C(=O)c2ccc(NC(=O)NC(C)C)cc2)C1. The summed E-state index contributed by atoms with van der Waals surface area (Å²) in [5, 5.41) is 8.53. The Morgan fingerprint density at radius 2 is 1.83 bits per heavy atom. The molecular weight excluding hydrogens is 380 g/mol. The first-order valence-corrected chi connectivity index (χ1v) is 11.1. The van der Waals surface area contributed by atoms with Crippen molar-refractivity contribution in [3.63, 3.8) is 0 Å². The molecule has 1 aliphatic heterocycles. The molecule has 1 heterocycles. The van der Waals surface area contributed by atoms with Crippen LogP contribution in [0.4, 0.5) is 10.5 Å². The van der Waals surface area contributed by atoms with Crippen LogP contribution < -0.4 is 16.0 Å². The number of urea groups is 1. The van der Waals surface area contributed by atoms with E-state index in [1.807, 2.05) is 13.8 Å². The molecule has 0 radical (unpaired) electrons. The summed E-state index contributed by atoms with van der Waals surface area (Å²) in [4.78, 5) is 38.9. The van der Waals surface area contributed by atoms with Gasteiger partial charge in [0.15, 0.2) is 0 Å². The van der Waals surface area contributed by atoms with Crippen molar-refractivity contribution >= 4 is 23.5 Å². The van der Waals surface area contributed by atoms with Crippen molar-refractivity contribution in [1.82, 2.24) is 15.5 Å². The third-order valence-corrected chi connectivity index (χ3v) is 5.22. The van der Waals surface area contributed by atoms with Crippen molar-refractivity contribution < 1.29 is 14.4 Å². The molecule has 1 atom stereocenters. The third kappa shape index (κ3) is 7.69. The van der Waals surface area contributed by atoms with Crippen LogP contribution in [0.2, 0.25) is 0 Å². The standard InChI is InChI=1S/C23H36N4O3/c1-4-5-6-7-14-24-21(28)19-9-8-15-27(16-19)22(29)18-10-12-20(13-11-18)26-23(30)25-17(2)3/h10-13,17,19H,4-9,14-16H2,1-3H3,(H,24,28)(H2,25,26,30). The van der Waals surface area contributed by atoms with Gasteiger partial charge < -0.3 is 20.9 Å². The summed E-state index contributed by atoms with van der Waals surface area (Å²) >= 11 is 0. The molecule has 1 unspecified atom stereocenters. The van der Waals surface area contributed by atoms with Crippen molar-refractivity contribution in [2.75, 3.05) is 25.0 Å². The lowest BCUT2D eigenvalue weighted by Crippen LogP contribution is -2.45. The molecular formula is C23H36N4O3. The Morgan fingerprint density at radius 3 is 2.50 bits per heavy atom. The molecule has 0 aromatic heterocycles. The molecule has 0 bridgehead atoms. The average Bonchev–Trinajstić information content (AvgIpc) is 2.73. The van der Waals surface area contributed by atoms with Crippen molar-refractivity contribution in [3.8, 4) is 0 Å². The van der Waals surface area contributed by atoms with Gasteiger partial charge in [-0.05, 0) is 57.4 Å². The number of likely N-dealkylation sites (tertiary alicyclic amines) is 1. The molecule has 4 amide bonds. The van der Waals surface area contributed by atoms with Crippen LogP contribution in [0.3, 0.4) is 0 Å². The molecule has 1 aromatic carbocycles. The molecule has 1 aromatic rings. The lowest BCUT2D eigenvalue weighted by Gasteiger charge is -2.32. The zero-order valence-electron chi connectivity index (χ0n) is 18.5. The molecule has 2 rings (SSSR count). The molecule has 1 saturated heterocycles. The van der Waals surface area contributed by atoms with Gasteiger partial charge in [0.2, 0.25) is 5.91 Å². The van der Waals surface area contributed by atoms with Crippen molar-refractivity contribution in [2.24, 2.45) is 5.92 Å². The molecule has 0 aliphatic carbocycles. The van der Waals surface area contributed by atoms with Crippen LogP contribution in [0.15, 0.2) is 24.3 Å². The van der Waals surface area contributed by atoms with Gasteiger partial charge in [-0.1, -0.05) is 26.2 Å². The minimum atomic E-state index is -0.274. The second-order valence-electron chi connectivity index (χ2n) is 8.27. The number of hydrogen-bond acceptors (Lipinski definition) is 3. The predicted octanol–water partition coefficient (Wildman–Crippen LogP) is 3.77. The van der Waals surface area contributed by atoms with Crippen LogP contribution in [0.5, 0.6) is 0 Å². The molecule has 0 saturated carbocycles. The van der Waals surface area contributed by atoms with Crippen LogP contribution in [-0.2, 0) is 4.79 Å². The Balaban J connectivity index is 1.85. The number of amides is 4. The third-order valence-electron chi connectivity index (χ3n) is 5.22. The van der Waals surface area contributed by atoms with Gasteiger partial charge in [0.25, 0.3) is 5.91 Å². The van der Waals surface area contributed by atoms with Gasteiger partial charge in [-0.2, -0.15) is 0 Å². The van der Waals surface area contributed by atoms with E-state index in [1.54, 1.807) is 29.2 Å². The monoisotopic (exact) mass is 416 g/mol. The van der Waals surface area contributed by atoms with E-state index in [9.17, 15) is 14.4 Å². The summed E-state index contributed by atoms with van der Waals surface area (Å²) < 4.78 is 0. The summed E-state index contributed by atoms with van der Waals surface area (Å²) in [5.41, 5.74) is 1.19. The molecule has 1 fully saturated rings. The normalized spacial score (nSPS) is 16.3. The highest BCUT2D eigenvalue weighted by Gasteiger charge is 2.28. The van der Waals surface area contributed by atoms with E-state index < -0.39 is 0 Å². The van der Waals surface area contributed by atoms with Gasteiger partial charge in [-0.3, -0.25) is 9.59 Å². The molecule has 0 spiro atoms. The number of nitrogens with one attached hydrogen (secondary N) is 3. The zero-order valence-corrected chi connectivity index (χ0v) is 18.5. The highest BCUT2D eigenvalue weighted by molar-refractivity contribution is 5.96. The fourth-order valence-corrected chi connectivity index (χ4v) is 3.59. The smallest absolute Gasteiger partial charge is 0.319 e. The summed E-state index contributed by atoms with van der Waals surface area (Å²) in [7, 11) is 0. The molecule has 166 valence electrons. The number of unbranched alkanes of at least 4 members (excludes halogenated alkanes) is 3. The van der Waals surface area contributed by atoms with Gasteiger partial charge in [0.1, 0.15) is 0 Å². The Hall–Kier alpha value is -2.57. The van der Waals surface area contributed by atoms with Gasteiger partial charge in [0.05, 0.1) is 5.92 Å². The van der Waals surface area contributed by atoms with E-state index in [0.29, 0.717) is 30.9 Å². The largest absolute Gasteiger partial charge is 0.356 e. The van der Waals surface area contributed by atoms with Crippen LogP contribution in [0, 0.1) is 5.92 Å². The first-order valence-electron chi connectivity index (χ1n) is 11.1. The quantitative estimate of drug-likeness (QED) is 0.535. The van der Waals surface area contributed by atoms with Gasteiger partial charge >= 0.3 is 6.03 Å². The van der Waals surface area contributed by atoms with Crippen molar-refractivity contribution in [1.29, 1.82) is 0 Å². The van der Waals surface area contributed by atoms with E-state index in [2.05, 4.69) is 22.9 Å². The minimum Gasteiger partial charge on any atom is -0.356 e. The number of benzene rings is 1. The van der Waals surface area contributed by atoms with E-state index in [0.717, 1.165) is 25.7 Å². The van der Waals surface area contributed by atoms with Crippen LogP contribution in [-0.4, -0.2) is 48.4 Å². The molecule has 7 heteroatoms. The second-order valence-corrected chi connectivity index (χ2v) is 8.27. The molecule has 7 nitrogen and oxygen atoms in total. The molecule has 30 heavy (non-hydrogen) atoms. The summed E-state index contributed by atoms with van der Waals surface area (Å²) in [6.07, 6.45) is 6.15. The second kappa shape index (κ2) is 12.2. The van der Waals surface area contributed by atoms with Gasteiger partial charge in [0, 0.05) is 36.9 Å². The number of carbonyl (C=O) groups is 3. The number of hydrogen-bond donors (Lipinski definition) is 3. The fourth-order valence-electron chi connectivity index (χ4n) is 3.59. The predicted molar refractivity (Wildman–Crippen MR) is 120 cm³/mol. The highest BCUT2D eigenvalue weighted by Crippen LogP contribution is 2.20. The van der Waals surface area contributed by atoms with Gasteiger partial charge in [-0.15, -0.1) is 0 Å². The Kier molecular flexibility index (Phi) is 9.64. The summed E-state index contributed by atoms with van der Waals surface area (Å²) in [5.74, 6) is -0.164.